The molecule has 28 heavy (non-hydrogen) atoms. The maximum atomic E-state index is 12.4. The molecule has 2 aromatic rings. The Kier molecular flexibility index (Phi) is 6.48. The fourth-order valence-electron chi connectivity index (χ4n) is 3.10. The lowest BCUT2D eigenvalue weighted by Gasteiger charge is -2.08. The summed E-state index contributed by atoms with van der Waals surface area (Å²) in [5.41, 5.74) is 4.19. The summed E-state index contributed by atoms with van der Waals surface area (Å²) in [7, 11) is -3.91. The topological polar surface area (TPSA) is 113 Å². The van der Waals surface area contributed by atoms with Gasteiger partial charge in [-0.15, -0.1) is 16.2 Å². The van der Waals surface area contributed by atoms with Crippen LogP contribution in [0.15, 0.2) is 35.2 Å². The molecule has 0 atom stereocenters. The molecule has 0 spiro atoms. The molecule has 0 radical (unpaired) electrons. The van der Waals surface area contributed by atoms with E-state index in [2.05, 4.69) is 10.3 Å². The van der Waals surface area contributed by atoms with Crippen molar-refractivity contribution in [3.63, 3.8) is 0 Å². The summed E-state index contributed by atoms with van der Waals surface area (Å²) in [6.07, 6.45) is 5.64. The Bertz CT molecular complexity index is 941. The monoisotopic (exact) mass is 422 g/mol. The maximum absolute atomic E-state index is 12.4. The Labute approximate surface area is 167 Å². The highest BCUT2D eigenvalue weighted by molar-refractivity contribution is 7.89. The van der Waals surface area contributed by atoms with Gasteiger partial charge in [0.05, 0.1) is 9.77 Å². The van der Waals surface area contributed by atoms with E-state index in [0.29, 0.717) is 11.3 Å². The van der Waals surface area contributed by atoms with Crippen molar-refractivity contribution in [1.29, 1.82) is 0 Å². The third kappa shape index (κ3) is 5.18. The number of fused-ring (bicyclic) bond motifs is 1. The van der Waals surface area contributed by atoms with Crippen LogP contribution in [0.25, 0.3) is 0 Å². The highest BCUT2D eigenvalue weighted by Crippen LogP contribution is 2.28. The highest BCUT2D eigenvalue weighted by atomic mass is 32.2. The predicted molar refractivity (Wildman–Crippen MR) is 106 cm³/mol. The summed E-state index contributed by atoms with van der Waals surface area (Å²) < 4.78 is 24.7. The van der Waals surface area contributed by atoms with E-state index >= 15 is 0 Å². The molecular weight excluding hydrogens is 400 g/mol. The van der Waals surface area contributed by atoms with Crippen molar-refractivity contribution in [2.24, 2.45) is 0 Å². The molecule has 0 fully saturated rings. The number of carbonyl (C=O) groups excluding carboxylic acids is 1. The number of carboxylic acid groups (broad SMARTS) is 1. The average molecular weight is 423 g/mol. The van der Waals surface area contributed by atoms with Crippen LogP contribution in [0, 0.1) is 0 Å². The van der Waals surface area contributed by atoms with Crippen molar-refractivity contribution < 1.29 is 23.1 Å². The number of amides is 1. The number of sulfonamides is 1. The minimum absolute atomic E-state index is 0.00571. The van der Waals surface area contributed by atoms with Gasteiger partial charge in [-0.2, -0.15) is 0 Å². The smallest absolute Gasteiger partial charge is 0.303 e. The fraction of sp³-hybridized carbons (Fsp3) is 0.368. The molecule has 1 aromatic heterocycles. The second-order valence-electron chi connectivity index (χ2n) is 6.72. The second kappa shape index (κ2) is 8.85. The number of hydrazine groups is 1. The molecular formula is C19H22N2O5S2. The summed E-state index contributed by atoms with van der Waals surface area (Å²) in [5, 5.41) is 8.70. The first kappa shape index (κ1) is 20.5. The molecule has 3 rings (SSSR count). The Morgan fingerprint density at radius 2 is 1.79 bits per heavy atom. The lowest BCUT2D eigenvalue weighted by atomic mass is 10.1. The predicted octanol–water partition coefficient (Wildman–Crippen LogP) is 2.66. The van der Waals surface area contributed by atoms with Crippen molar-refractivity contribution in [2.45, 2.75) is 49.8 Å². The quantitative estimate of drug-likeness (QED) is 0.469. The first-order valence-electron chi connectivity index (χ1n) is 9.09. The van der Waals surface area contributed by atoms with Crippen LogP contribution in [0.5, 0.6) is 0 Å². The molecule has 1 aliphatic rings. The molecule has 3 N–H and O–H groups in total. The van der Waals surface area contributed by atoms with E-state index < -0.39 is 21.9 Å². The number of thiophene rings is 1. The van der Waals surface area contributed by atoms with E-state index in [9.17, 15) is 18.0 Å². The van der Waals surface area contributed by atoms with Crippen LogP contribution < -0.4 is 10.3 Å². The lowest BCUT2D eigenvalue weighted by Crippen LogP contribution is -2.41. The molecule has 0 bridgehead atoms. The first-order chi connectivity index (χ1) is 13.3. The molecule has 0 saturated carbocycles. The van der Waals surface area contributed by atoms with Gasteiger partial charge in [-0.25, -0.2) is 8.42 Å². The van der Waals surface area contributed by atoms with E-state index in [1.165, 1.54) is 40.3 Å². The third-order valence-electron chi connectivity index (χ3n) is 4.63. The number of hydrogen-bond acceptors (Lipinski definition) is 5. The molecule has 1 aliphatic carbocycles. The van der Waals surface area contributed by atoms with Gasteiger partial charge in [-0.1, -0.05) is 18.6 Å². The SMILES string of the molecule is O=C(O)CCc1ccc(S(=O)(=O)NNC(=O)c2cc3c(s2)CCCCC3)cc1. The standard InChI is InChI=1S/C19H22N2O5S2/c22-18(23)11-8-13-6-9-15(10-7-13)28(25,26)21-20-19(24)17-12-14-4-2-1-3-5-16(14)27-17/h6-7,9-10,12,21H,1-5,8,11H2,(H,20,24)(H,22,23). The maximum Gasteiger partial charge on any atom is 0.303 e. The third-order valence-corrected chi connectivity index (χ3v) is 7.13. The van der Waals surface area contributed by atoms with Gasteiger partial charge in [0, 0.05) is 11.3 Å². The Balaban J connectivity index is 1.61. The largest absolute Gasteiger partial charge is 0.481 e. The van der Waals surface area contributed by atoms with Crippen molar-refractivity contribution in [1.82, 2.24) is 10.3 Å². The molecule has 7 nitrogen and oxygen atoms in total. The van der Waals surface area contributed by atoms with Gasteiger partial charge in [0.25, 0.3) is 15.9 Å². The van der Waals surface area contributed by atoms with E-state index in [0.717, 1.165) is 31.2 Å². The zero-order chi connectivity index (χ0) is 20.1. The van der Waals surface area contributed by atoms with Crippen LogP contribution in [0.1, 0.15) is 51.4 Å². The van der Waals surface area contributed by atoms with Crippen LogP contribution >= 0.6 is 11.3 Å². The molecule has 1 amide bonds. The second-order valence-corrected chi connectivity index (χ2v) is 9.54. The Morgan fingerprint density at radius 3 is 2.50 bits per heavy atom. The van der Waals surface area contributed by atoms with Crippen LogP contribution in [0.3, 0.4) is 0 Å². The number of rotatable bonds is 7. The zero-order valence-electron chi connectivity index (χ0n) is 15.2. The normalized spacial score (nSPS) is 14.1. The summed E-state index contributed by atoms with van der Waals surface area (Å²) >= 11 is 1.42. The fourth-order valence-corrected chi connectivity index (χ4v) is 5.09. The van der Waals surface area contributed by atoms with Gasteiger partial charge >= 0.3 is 5.97 Å². The molecule has 0 saturated heterocycles. The van der Waals surface area contributed by atoms with Gasteiger partial charge in [-0.3, -0.25) is 15.0 Å². The van der Waals surface area contributed by atoms with Gasteiger partial charge < -0.3 is 5.11 Å². The zero-order valence-corrected chi connectivity index (χ0v) is 16.9. The first-order valence-corrected chi connectivity index (χ1v) is 11.4. The van der Waals surface area contributed by atoms with Crippen LogP contribution in [-0.2, 0) is 34.1 Å². The summed E-state index contributed by atoms with van der Waals surface area (Å²) in [6.45, 7) is 0. The molecule has 150 valence electrons. The number of aryl methyl sites for hydroxylation is 3. The van der Waals surface area contributed by atoms with E-state index in [4.69, 9.17) is 5.11 Å². The molecule has 0 aliphatic heterocycles. The van der Waals surface area contributed by atoms with E-state index in [1.54, 1.807) is 12.1 Å². The highest BCUT2D eigenvalue weighted by Gasteiger charge is 2.19. The molecule has 1 aromatic carbocycles. The molecule has 1 heterocycles. The van der Waals surface area contributed by atoms with Gasteiger partial charge in [0.15, 0.2) is 0 Å². The van der Waals surface area contributed by atoms with Crippen LogP contribution in [0.4, 0.5) is 0 Å². The van der Waals surface area contributed by atoms with Crippen molar-refractivity contribution in [2.75, 3.05) is 0 Å². The van der Waals surface area contributed by atoms with E-state index in [1.807, 2.05) is 6.07 Å². The summed E-state index contributed by atoms with van der Waals surface area (Å²) in [6, 6.07) is 7.76. The van der Waals surface area contributed by atoms with Gasteiger partial charge in [-0.05, 0) is 61.4 Å². The van der Waals surface area contributed by atoms with Crippen molar-refractivity contribution >= 4 is 33.2 Å². The number of carboxylic acids is 1. The number of nitrogens with one attached hydrogen (secondary N) is 2. The number of carbonyl (C=O) groups is 2. The van der Waals surface area contributed by atoms with Crippen molar-refractivity contribution in [3.05, 3.63) is 51.2 Å². The molecule has 9 heteroatoms. The van der Waals surface area contributed by atoms with Crippen LogP contribution in [-0.4, -0.2) is 25.4 Å². The minimum atomic E-state index is -3.91. The lowest BCUT2D eigenvalue weighted by molar-refractivity contribution is -0.136. The van der Waals surface area contributed by atoms with E-state index in [-0.39, 0.29) is 11.3 Å². The number of aliphatic carboxylic acids is 1. The summed E-state index contributed by atoms with van der Waals surface area (Å²) in [5.74, 6) is -1.38. The Hall–Kier alpha value is -2.23. The average Bonchev–Trinajstić information content (AvgIpc) is 2.95. The molecule has 0 unspecified atom stereocenters. The van der Waals surface area contributed by atoms with Crippen molar-refractivity contribution in [3.8, 4) is 0 Å². The summed E-state index contributed by atoms with van der Waals surface area (Å²) in [4.78, 5) is 26.8. The van der Waals surface area contributed by atoms with Gasteiger partial charge in [0.2, 0.25) is 0 Å². The number of hydrogen-bond donors (Lipinski definition) is 3. The van der Waals surface area contributed by atoms with Crippen LogP contribution in [0.2, 0.25) is 0 Å². The Morgan fingerprint density at radius 1 is 1.07 bits per heavy atom. The minimum Gasteiger partial charge on any atom is -0.481 e. The number of benzene rings is 1. The van der Waals surface area contributed by atoms with Gasteiger partial charge in [0.1, 0.15) is 0 Å².